The van der Waals surface area contributed by atoms with E-state index in [1.54, 1.807) is 0 Å². The first-order chi connectivity index (χ1) is 55.3. The molecular weight excluding hydrogens is 1520 g/mol. The summed E-state index contributed by atoms with van der Waals surface area (Å²) < 4.78 is 55.4. The SMILES string of the molecule is COP(=O)(O)OCCCCCCNC(=O)[C@H](CCCCNC(=O)CCCCCCCCCCCOC1OC(CO)C(O)C(O)C1NC(C)=O)NC(=O)[C@H](CCCCNC(=O)CCCCCCCCCCCOC1OC(CO)C(O)C(O)C1NC(C)=O)NC(=O)CCCCCCCCCCCOC1OC(CO)C(O)C(O)C1NC(C)=O. The van der Waals surface area contributed by atoms with Crippen LogP contribution in [0.1, 0.15) is 278 Å². The minimum atomic E-state index is -4.09. The quantitative estimate of drug-likeness (QED) is 0.0306. The van der Waals surface area contributed by atoms with Gasteiger partial charge in [0.1, 0.15) is 85.1 Å². The zero-order valence-electron chi connectivity index (χ0n) is 69.0. The molecule has 0 radical (unpaired) electrons. The zero-order chi connectivity index (χ0) is 84.6. The van der Waals surface area contributed by atoms with Gasteiger partial charge in [-0.1, -0.05) is 148 Å². The van der Waals surface area contributed by atoms with Gasteiger partial charge in [0.2, 0.25) is 47.3 Å². The molecule has 8 amide bonds. The fourth-order valence-corrected chi connectivity index (χ4v) is 14.6. The van der Waals surface area contributed by atoms with Crippen molar-refractivity contribution in [1.82, 2.24) is 42.5 Å². The van der Waals surface area contributed by atoms with Gasteiger partial charge in [0.15, 0.2) is 18.9 Å². The van der Waals surface area contributed by atoms with E-state index < -0.39 is 161 Å². The number of unbranched alkanes of at least 4 members (excludes halogenated alkanes) is 29. The minimum Gasteiger partial charge on any atom is -0.394 e. The molecule has 3 aliphatic heterocycles. The van der Waals surface area contributed by atoms with Gasteiger partial charge in [-0.15, -0.1) is 0 Å². The Morgan fingerprint density at radius 1 is 0.348 bits per heavy atom. The van der Waals surface area contributed by atoms with E-state index in [0.29, 0.717) is 110 Å². The van der Waals surface area contributed by atoms with Gasteiger partial charge in [-0.3, -0.25) is 47.4 Å². The molecule has 0 saturated carbocycles. The Labute approximate surface area is 680 Å². The van der Waals surface area contributed by atoms with Gasteiger partial charge < -0.3 is 122 Å². The van der Waals surface area contributed by atoms with Crippen molar-refractivity contribution < 1.29 is 131 Å². The maximum absolute atomic E-state index is 14.4. The third-order valence-electron chi connectivity index (χ3n) is 20.9. The topological polar surface area (TPSA) is 526 Å². The maximum Gasteiger partial charge on any atom is 0.471 e. The summed E-state index contributed by atoms with van der Waals surface area (Å²) in [6.07, 6.45) is 15.6. The molecule has 16 unspecified atom stereocenters. The molecule has 0 aliphatic carbocycles. The van der Waals surface area contributed by atoms with Gasteiger partial charge in [0, 0.05) is 86.6 Å². The number of nitrogens with one attached hydrogen (secondary N) is 8. The van der Waals surface area contributed by atoms with Crippen LogP contribution in [0.4, 0.5) is 0 Å². The fourth-order valence-electron chi connectivity index (χ4n) is 14.1. The van der Waals surface area contributed by atoms with Crippen LogP contribution < -0.4 is 42.5 Å². The number of ether oxygens (including phenoxy) is 6. The molecule has 0 bridgehead atoms. The molecule has 18 atom stereocenters. The van der Waals surface area contributed by atoms with Crippen LogP contribution in [-0.2, 0) is 80.4 Å². The van der Waals surface area contributed by atoms with Crippen molar-refractivity contribution in [3.63, 3.8) is 0 Å². The lowest BCUT2D eigenvalue weighted by atomic mass is 9.97. The number of hydrogen-bond donors (Lipinski definition) is 18. The molecule has 0 aromatic carbocycles. The first-order valence-corrected chi connectivity index (χ1v) is 44.2. The standard InChI is InChI=1S/C79H147N8O27P/c1-55(91)83-66-72(100)69(97)60(52-88)112-77(66)108-48-36-24-17-11-5-8-14-20-28-42-63(94)80-45-34-31-40-58(75(103)82-47-33-23-27-39-51-111-115(105,106)107-4)87-76(104)59(86-65(96)44-30-22-16-10-7-13-19-26-38-50-110-79-68(85-57(3)93)74(102)71(99)62(54-90)114-79)41-32-35-46-81-64(95)43-29-21-15-9-6-12-18-25-37-49-109-78-67(84-56(2)92)73(101)70(98)61(53-89)113-78/h58-62,66-74,77-79,88-90,97-102H,5-54H2,1-4H3,(H,80,94)(H,81,95)(H,82,103)(H,83,91)(H,84,92)(H,85,93)(H,86,96)(H,87,104)(H,105,106)/t58-,59-,60?,61?,62?,66?,67?,68?,69?,70?,71?,72?,73?,74?,77?,78?,79?/m0/s1. The molecule has 3 aliphatic rings. The van der Waals surface area contributed by atoms with Gasteiger partial charge in [-0.2, -0.15) is 0 Å². The largest absolute Gasteiger partial charge is 0.471 e. The van der Waals surface area contributed by atoms with E-state index in [2.05, 4.69) is 47.1 Å². The third kappa shape index (κ3) is 46.0. The number of aliphatic hydroxyl groups is 9. The summed E-state index contributed by atoms with van der Waals surface area (Å²) in [4.78, 5) is 113. The molecule has 3 rings (SSSR count). The van der Waals surface area contributed by atoms with Crippen molar-refractivity contribution in [2.45, 2.75) is 382 Å². The van der Waals surface area contributed by atoms with E-state index in [0.717, 1.165) is 168 Å². The molecule has 18 N–H and O–H groups in total. The Hall–Kier alpha value is -4.73. The molecule has 36 heteroatoms. The summed E-state index contributed by atoms with van der Waals surface area (Å²) in [5, 5.41) is 114. The van der Waals surface area contributed by atoms with Crippen molar-refractivity contribution in [1.29, 1.82) is 0 Å². The molecule has 3 fully saturated rings. The number of rotatable bonds is 68. The van der Waals surface area contributed by atoms with Crippen LogP contribution in [0.5, 0.6) is 0 Å². The van der Waals surface area contributed by atoms with E-state index in [1.165, 1.54) is 20.8 Å². The summed E-state index contributed by atoms with van der Waals surface area (Å²) in [5.41, 5.74) is 0. The third-order valence-corrected chi connectivity index (χ3v) is 21.8. The van der Waals surface area contributed by atoms with E-state index >= 15 is 0 Å². The van der Waals surface area contributed by atoms with Crippen molar-refractivity contribution in [2.24, 2.45) is 0 Å². The van der Waals surface area contributed by atoms with Crippen molar-refractivity contribution in [2.75, 3.05) is 73.0 Å². The van der Waals surface area contributed by atoms with Crippen molar-refractivity contribution >= 4 is 55.1 Å². The second kappa shape index (κ2) is 63.3. The molecular formula is C79H147N8O27P. The van der Waals surface area contributed by atoms with Crippen LogP contribution in [0.15, 0.2) is 0 Å². The van der Waals surface area contributed by atoms with Gasteiger partial charge in [-0.25, -0.2) is 4.57 Å². The number of carbonyl (C=O) groups excluding carboxylic acids is 8. The second-order valence-electron chi connectivity index (χ2n) is 30.8. The van der Waals surface area contributed by atoms with E-state index in [4.69, 9.17) is 32.9 Å². The first-order valence-electron chi connectivity index (χ1n) is 42.7. The molecule has 0 spiro atoms. The van der Waals surface area contributed by atoms with Gasteiger partial charge >= 0.3 is 7.82 Å². The Kier molecular flexibility index (Phi) is 57.5. The van der Waals surface area contributed by atoms with Crippen molar-refractivity contribution in [3.05, 3.63) is 0 Å². The number of hydrogen-bond acceptors (Lipinski definition) is 26. The summed E-state index contributed by atoms with van der Waals surface area (Å²) in [7, 11) is -3.01. The van der Waals surface area contributed by atoms with Crippen LogP contribution in [0.25, 0.3) is 0 Å². The van der Waals surface area contributed by atoms with Crippen molar-refractivity contribution in [3.8, 4) is 0 Å². The van der Waals surface area contributed by atoms with Gasteiger partial charge in [0.05, 0.1) is 26.4 Å². The van der Waals surface area contributed by atoms with Crippen LogP contribution in [0.3, 0.4) is 0 Å². The number of phosphoric ester groups is 1. The number of amides is 8. The second-order valence-corrected chi connectivity index (χ2v) is 32.3. The molecule has 0 aromatic rings. The lowest BCUT2D eigenvalue weighted by molar-refractivity contribution is -0.270. The van der Waals surface area contributed by atoms with Crippen LogP contribution in [0, 0.1) is 0 Å². The predicted molar refractivity (Wildman–Crippen MR) is 424 cm³/mol. The monoisotopic (exact) mass is 1670 g/mol. The van der Waals surface area contributed by atoms with E-state index in [9.17, 15) is 93.8 Å². The lowest BCUT2D eigenvalue weighted by Crippen LogP contribution is -2.64. The highest BCUT2D eigenvalue weighted by molar-refractivity contribution is 7.47. The highest BCUT2D eigenvalue weighted by atomic mass is 31.2. The average Bonchev–Trinajstić information content (AvgIpc) is 0.822. The Bertz CT molecular complexity index is 2710. The lowest BCUT2D eigenvalue weighted by Gasteiger charge is -2.42. The summed E-state index contributed by atoms with van der Waals surface area (Å²) in [5.74, 6) is -2.64. The normalized spacial score (nSPS) is 24.6. The van der Waals surface area contributed by atoms with Crippen LogP contribution >= 0.6 is 7.82 Å². The number of carbonyl (C=O) groups is 8. The first kappa shape index (κ1) is 104. The zero-order valence-corrected chi connectivity index (χ0v) is 69.9. The van der Waals surface area contributed by atoms with Gasteiger partial charge in [0.25, 0.3) is 0 Å². The Morgan fingerprint density at radius 3 is 0.948 bits per heavy atom. The molecule has 3 heterocycles. The summed E-state index contributed by atoms with van der Waals surface area (Å²) >= 11 is 0. The fraction of sp³-hybridized carbons (Fsp3) is 0.899. The average molecular weight is 1670 g/mol. The van der Waals surface area contributed by atoms with Crippen LogP contribution in [0.2, 0.25) is 0 Å². The maximum atomic E-state index is 14.4. The molecule has 3 saturated heterocycles. The minimum absolute atomic E-state index is 0.0203. The molecule has 35 nitrogen and oxygen atoms in total. The van der Waals surface area contributed by atoms with Gasteiger partial charge in [-0.05, 0) is 89.9 Å². The number of aliphatic hydroxyl groups excluding tert-OH is 9. The molecule has 0 aromatic heterocycles. The number of phosphoric acid groups is 1. The smallest absolute Gasteiger partial charge is 0.394 e. The Balaban J connectivity index is 1.48. The van der Waals surface area contributed by atoms with Crippen LogP contribution in [-0.4, -0.2) is 275 Å². The highest BCUT2D eigenvalue weighted by Crippen LogP contribution is 2.42. The highest BCUT2D eigenvalue weighted by Gasteiger charge is 2.48. The summed E-state index contributed by atoms with van der Waals surface area (Å²) in [6.45, 7) is 4.24. The summed E-state index contributed by atoms with van der Waals surface area (Å²) in [6, 6.07) is -4.91. The van der Waals surface area contributed by atoms with E-state index in [-0.39, 0.29) is 50.2 Å². The van der Waals surface area contributed by atoms with E-state index in [1.807, 2.05) is 0 Å². The molecule has 115 heavy (non-hydrogen) atoms. The molecule has 670 valence electrons. The predicted octanol–water partition coefficient (Wildman–Crippen LogP) is 3.55. The Morgan fingerprint density at radius 2 is 0.626 bits per heavy atom.